The molecule has 170 valence electrons. The number of nitrogens with one attached hydrogen (secondary N) is 1. The second kappa shape index (κ2) is 8.05. The van der Waals surface area contributed by atoms with Gasteiger partial charge in [-0.2, -0.15) is 0 Å². The third-order valence-corrected chi connectivity index (χ3v) is 5.96. The molecule has 4 rings (SSSR count). The highest BCUT2D eigenvalue weighted by atomic mass is 19.3. The Labute approximate surface area is 184 Å². The number of furan rings is 1. The predicted octanol–water partition coefficient (Wildman–Crippen LogP) is 4.48. The molecule has 0 spiro atoms. The highest BCUT2D eigenvalue weighted by molar-refractivity contribution is 6.23. The van der Waals surface area contributed by atoms with Crippen molar-refractivity contribution in [2.75, 3.05) is 5.32 Å². The van der Waals surface area contributed by atoms with E-state index in [0.717, 1.165) is 5.56 Å². The Morgan fingerprint density at radius 1 is 1.31 bits per heavy atom. The van der Waals surface area contributed by atoms with Crippen molar-refractivity contribution in [1.82, 2.24) is 10.0 Å². The number of aliphatic hydroxyl groups is 1. The van der Waals surface area contributed by atoms with Crippen molar-refractivity contribution in [3.8, 4) is 0 Å². The molecule has 1 aromatic carbocycles. The van der Waals surface area contributed by atoms with Crippen LogP contribution in [0.15, 0.2) is 52.1 Å². The number of halogens is 2. The highest BCUT2D eigenvalue weighted by Gasteiger charge is 2.52. The summed E-state index contributed by atoms with van der Waals surface area (Å²) < 4.78 is 31.5. The van der Waals surface area contributed by atoms with E-state index in [4.69, 9.17) is 4.42 Å². The molecule has 7 nitrogen and oxygen atoms in total. The lowest BCUT2D eigenvalue weighted by atomic mass is 10.0. The summed E-state index contributed by atoms with van der Waals surface area (Å²) in [6.07, 6.45) is -1.70. The molecular formula is C23H25F2N3O4. The minimum Gasteiger partial charge on any atom is -0.510 e. The van der Waals surface area contributed by atoms with Crippen molar-refractivity contribution in [3.05, 3.63) is 64.8 Å². The summed E-state index contributed by atoms with van der Waals surface area (Å²) in [4.78, 5) is 26.5. The molecule has 2 amide bonds. The summed E-state index contributed by atoms with van der Waals surface area (Å²) in [5.41, 5.74) is -0.234. The number of nitrogens with zero attached hydrogens (tertiary/aromatic N) is 2. The Balaban J connectivity index is 1.71. The van der Waals surface area contributed by atoms with Gasteiger partial charge in [-0.25, -0.2) is 13.8 Å². The topological polar surface area (TPSA) is 86.0 Å². The van der Waals surface area contributed by atoms with E-state index in [1.54, 1.807) is 0 Å². The number of benzene rings is 1. The molecular weight excluding hydrogens is 420 g/mol. The lowest BCUT2D eigenvalue weighted by molar-refractivity contribution is -0.165. The Morgan fingerprint density at radius 3 is 2.66 bits per heavy atom. The summed E-state index contributed by atoms with van der Waals surface area (Å²) >= 11 is 0. The van der Waals surface area contributed by atoms with Crippen LogP contribution in [0.2, 0.25) is 0 Å². The fraction of sp³-hybridized carbons (Fsp3) is 0.391. The third kappa shape index (κ3) is 3.77. The molecule has 1 aromatic heterocycles. The number of hydrogen-bond acceptors (Lipinski definition) is 5. The maximum Gasteiger partial charge on any atom is 0.297 e. The van der Waals surface area contributed by atoms with Gasteiger partial charge in [0.2, 0.25) is 0 Å². The van der Waals surface area contributed by atoms with E-state index in [9.17, 15) is 23.5 Å². The van der Waals surface area contributed by atoms with Crippen LogP contribution < -0.4 is 5.32 Å². The van der Waals surface area contributed by atoms with E-state index in [1.165, 1.54) is 18.0 Å². The van der Waals surface area contributed by atoms with Gasteiger partial charge < -0.3 is 14.8 Å². The van der Waals surface area contributed by atoms with Crippen LogP contribution in [-0.2, 0) is 16.1 Å². The van der Waals surface area contributed by atoms with E-state index in [0.29, 0.717) is 12.8 Å². The largest absolute Gasteiger partial charge is 0.510 e. The Hall–Kier alpha value is -3.20. The van der Waals surface area contributed by atoms with Crippen molar-refractivity contribution in [2.24, 2.45) is 0 Å². The summed E-state index contributed by atoms with van der Waals surface area (Å²) in [6, 6.07) is 10.0. The molecule has 3 heterocycles. The fourth-order valence-corrected chi connectivity index (χ4v) is 4.49. The number of aliphatic hydroxyl groups excluding tert-OH is 1. The van der Waals surface area contributed by atoms with Gasteiger partial charge in [0.05, 0.1) is 18.3 Å². The minimum absolute atomic E-state index is 0.193. The van der Waals surface area contributed by atoms with Crippen LogP contribution in [0.1, 0.15) is 50.2 Å². The summed E-state index contributed by atoms with van der Waals surface area (Å²) in [5.74, 6) is -2.48. The lowest BCUT2D eigenvalue weighted by Crippen LogP contribution is -2.60. The first-order chi connectivity index (χ1) is 15.1. The van der Waals surface area contributed by atoms with Crippen LogP contribution in [0.4, 0.5) is 14.5 Å². The van der Waals surface area contributed by atoms with Gasteiger partial charge in [0, 0.05) is 11.6 Å². The Morgan fingerprint density at radius 2 is 2.00 bits per heavy atom. The van der Waals surface area contributed by atoms with Gasteiger partial charge in [-0.1, -0.05) is 30.3 Å². The van der Waals surface area contributed by atoms with E-state index in [-0.39, 0.29) is 23.8 Å². The number of fused-ring (bicyclic) bond motifs is 1. The van der Waals surface area contributed by atoms with Crippen LogP contribution in [0, 0.1) is 6.92 Å². The molecule has 1 unspecified atom stereocenters. The van der Waals surface area contributed by atoms with Gasteiger partial charge >= 0.3 is 0 Å². The first-order valence-corrected chi connectivity index (χ1v) is 10.4. The van der Waals surface area contributed by atoms with Gasteiger partial charge in [0.1, 0.15) is 17.1 Å². The van der Waals surface area contributed by atoms with Crippen molar-refractivity contribution in [1.29, 1.82) is 0 Å². The van der Waals surface area contributed by atoms with Crippen molar-refractivity contribution in [2.45, 2.75) is 58.2 Å². The van der Waals surface area contributed by atoms with E-state index >= 15 is 0 Å². The zero-order valence-corrected chi connectivity index (χ0v) is 18.1. The Bertz CT molecular complexity index is 1080. The first kappa shape index (κ1) is 22.0. The zero-order chi connectivity index (χ0) is 23.2. The van der Waals surface area contributed by atoms with Gasteiger partial charge in [-0.05, 0) is 39.2 Å². The quantitative estimate of drug-likeness (QED) is 0.663. The molecule has 0 radical (unpaired) electrons. The predicted molar refractivity (Wildman–Crippen MR) is 113 cm³/mol. The van der Waals surface area contributed by atoms with E-state index in [2.05, 4.69) is 5.32 Å². The van der Waals surface area contributed by atoms with Crippen LogP contribution in [0.5, 0.6) is 0 Å². The maximum atomic E-state index is 13.5. The van der Waals surface area contributed by atoms with Gasteiger partial charge in [-0.3, -0.25) is 14.6 Å². The number of carbonyl (C=O) groups excluding carboxylic acids is 2. The number of aryl methyl sites for hydroxylation is 1. The number of amides is 2. The minimum atomic E-state index is -2.94. The molecule has 9 heteroatoms. The average Bonchev–Trinajstić information content (AvgIpc) is 3.25. The molecule has 32 heavy (non-hydrogen) atoms. The summed E-state index contributed by atoms with van der Waals surface area (Å²) in [5, 5.41) is 16.5. The average molecular weight is 445 g/mol. The molecule has 0 bridgehead atoms. The second-order valence-electron chi connectivity index (χ2n) is 8.71. The zero-order valence-electron chi connectivity index (χ0n) is 18.1. The molecule has 0 saturated carbocycles. The van der Waals surface area contributed by atoms with Crippen LogP contribution in [0.25, 0.3) is 0 Å². The van der Waals surface area contributed by atoms with Gasteiger partial charge in [-0.15, -0.1) is 0 Å². The molecule has 2 aliphatic heterocycles. The standard InChI is InChI=1S/C23H25F2N3O4/c1-13-11-15(19(32-13)20(24)25)26-21(30)17-18(29)16-9-10-23(2,3)28(16)27(22(17)31)12-14-7-5-4-6-8-14/h4-8,11,16,20,29H,9-10,12H2,1-3H3,(H,26,30). The van der Waals surface area contributed by atoms with Gasteiger partial charge in [0.25, 0.3) is 18.2 Å². The van der Waals surface area contributed by atoms with Crippen molar-refractivity contribution < 1.29 is 27.9 Å². The second-order valence-corrected chi connectivity index (χ2v) is 8.71. The number of hydrogen-bond donors (Lipinski definition) is 2. The molecule has 1 fully saturated rings. The number of hydrazine groups is 1. The lowest BCUT2D eigenvalue weighted by Gasteiger charge is -2.46. The van der Waals surface area contributed by atoms with Gasteiger partial charge in [0.15, 0.2) is 5.76 Å². The molecule has 1 atom stereocenters. The van der Waals surface area contributed by atoms with Crippen molar-refractivity contribution in [3.63, 3.8) is 0 Å². The SMILES string of the molecule is Cc1cc(NC(=O)C2=C(O)C3CCC(C)(C)N3N(Cc3ccccc3)C2=O)c(C(F)F)o1. The summed E-state index contributed by atoms with van der Waals surface area (Å²) in [6.45, 7) is 5.63. The third-order valence-electron chi connectivity index (χ3n) is 5.96. The number of anilines is 1. The monoisotopic (exact) mass is 445 g/mol. The first-order valence-electron chi connectivity index (χ1n) is 10.4. The molecule has 2 aliphatic rings. The number of carbonyl (C=O) groups is 2. The highest BCUT2D eigenvalue weighted by Crippen LogP contribution is 2.42. The van der Waals surface area contributed by atoms with Crippen LogP contribution in [-0.4, -0.2) is 38.5 Å². The van der Waals surface area contributed by atoms with Crippen LogP contribution >= 0.6 is 0 Å². The normalized spacial score (nSPS) is 20.8. The number of rotatable bonds is 5. The fourth-order valence-electron chi connectivity index (χ4n) is 4.49. The molecule has 0 aliphatic carbocycles. The molecule has 2 N–H and O–H groups in total. The van der Waals surface area contributed by atoms with E-state index in [1.807, 2.05) is 49.2 Å². The molecule has 2 aromatic rings. The number of alkyl halides is 2. The maximum absolute atomic E-state index is 13.5. The van der Waals surface area contributed by atoms with Crippen LogP contribution in [0.3, 0.4) is 0 Å². The Kier molecular flexibility index (Phi) is 5.54. The van der Waals surface area contributed by atoms with Crippen molar-refractivity contribution >= 4 is 17.5 Å². The molecule has 1 saturated heterocycles. The summed E-state index contributed by atoms with van der Waals surface area (Å²) in [7, 11) is 0. The smallest absolute Gasteiger partial charge is 0.297 e. The van der Waals surface area contributed by atoms with E-state index < -0.39 is 41.2 Å².